The molecule has 1 fully saturated rings. The number of hydrogen-bond acceptors (Lipinski definition) is 2. The van der Waals surface area contributed by atoms with Gasteiger partial charge in [-0.15, -0.1) is 0 Å². The minimum absolute atomic E-state index is 0.0191. The van der Waals surface area contributed by atoms with Crippen molar-refractivity contribution in [2.24, 2.45) is 0 Å². The van der Waals surface area contributed by atoms with E-state index in [1.54, 1.807) is 0 Å². The van der Waals surface area contributed by atoms with Crippen LogP contribution < -0.4 is 10.6 Å². The van der Waals surface area contributed by atoms with Crippen LogP contribution in [0.1, 0.15) is 12.8 Å². The fourth-order valence-corrected chi connectivity index (χ4v) is 1.10. The maximum Gasteiger partial charge on any atom is 0.242 e. The van der Waals surface area contributed by atoms with Gasteiger partial charge in [0.2, 0.25) is 11.8 Å². The summed E-state index contributed by atoms with van der Waals surface area (Å²) in [5.74, 6) is -0.408. The third-order valence-electron chi connectivity index (χ3n) is 1.71. The lowest BCUT2D eigenvalue weighted by Crippen LogP contribution is -2.42. The van der Waals surface area contributed by atoms with Gasteiger partial charge >= 0.3 is 0 Å². The summed E-state index contributed by atoms with van der Waals surface area (Å²) in [7, 11) is 0. The molecule has 0 aromatic rings. The lowest BCUT2D eigenvalue weighted by molar-refractivity contribution is -0.125. The molecule has 1 aliphatic rings. The van der Waals surface area contributed by atoms with E-state index in [0.717, 1.165) is 0 Å². The zero-order valence-electron chi connectivity index (χ0n) is 6.60. The van der Waals surface area contributed by atoms with Crippen molar-refractivity contribution in [2.45, 2.75) is 18.9 Å². The number of amides is 2. The monoisotopic (exact) mass is 174 g/mol. The standard InChI is InChI=1S/C7H11FN2O2/c8-3-4-9-7(12)5-1-2-6(11)10-5/h5H,1-4H2,(H,9,12)(H,10,11). The molecular formula is C7H11FN2O2. The predicted molar refractivity (Wildman–Crippen MR) is 40.1 cm³/mol. The van der Waals surface area contributed by atoms with E-state index in [1.165, 1.54) is 0 Å². The average Bonchev–Trinajstić information content (AvgIpc) is 2.47. The molecule has 1 unspecified atom stereocenters. The molecule has 0 aromatic carbocycles. The van der Waals surface area contributed by atoms with Gasteiger partial charge < -0.3 is 10.6 Å². The van der Waals surface area contributed by atoms with E-state index in [1.807, 2.05) is 0 Å². The van der Waals surface area contributed by atoms with Gasteiger partial charge in [-0.3, -0.25) is 9.59 Å². The Morgan fingerprint density at radius 2 is 2.50 bits per heavy atom. The molecule has 0 bridgehead atoms. The van der Waals surface area contributed by atoms with Crippen LogP contribution in [-0.2, 0) is 9.59 Å². The first-order valence-corrected chi connectivity index (χ1v) is 3.87. The minimum Gasteiger partial charge on any atom is -0.352 e. The van der Waals surface area contributed by atoms with Gasteiger partial charge in [0.15, 0.2) is 0 Å². The van der Waals surface area contributed by atoms with Gasteiger partial charge in [-0.1, -0.05) is 0 Å². The molecule has 1 aliphatic heterocycles. The minimum atomic E-state index is -0.577. The number of nitrogens with one attached hydrogen (secondary N) is 2. The van der Waals surface area contributed by atoms with Crippen LogP contribution in [0.3, 0.4) is 0 Å². The number of carbonyl (C=O) groups is 2. The molecule has 4 nitrogen and oxygen atoms in total. The van der Waals surface area contributed by atoms with Crippen molar-refractivity contribution >= 4 is 11.8 Å². The quantitative estimate of drug-likeness (QED) is 0.597. The van der Waals surface area contributed by atoms with Gasteiger partial charge in [0.25, 0.3) is 0 Å². The first-order valence-electron chi connectivity index (χ1n) is 3.87. The lowest BCUT2D eigenvalue weighted by atomic mass is 10.2. The van der Waals surface area contributed by atoms with Crippen molar-refractivity contribution in [2.75, 3.05) is 13.2 Å². The molecule has 1 rings (SSSR count). The third-order valence-corrected chi connectivity index (χ3v) is 1.71. The summed E-state index contributed by atoms with van der Waals surface area (Å²) in [5, 5.41) is 4.86. The molecule has 0 saturated carbocycles. The molecule has 5 heteroatoms. The van der Waals surface area contributed by atoms with Gasteiger partial charge in [0, 0.05) is 13.0 Å². The van der Waals surface area contributed by atoms with Crippen LogP contribution >= 0.6 is 0 Å². The van der Waals surface area contributed by atoms with Gasteiger partial charge in [-0.2, -0.15) is 0 Å². The summed E-state index contributed by atoms with van der Waals surface area (Å²) in [6, 6.07) is -0.455. The number of halogens is 1. The molecule has 1 saturated heterocycles. The maximum atomic E-state index is 11.6. The van der Waals surface area contributed by atoms with Crippen molar-refractivity contribution in [3.05, 3.63) is 0 Å². The summed E-state index contributed by atoms with van der Waals surface area (Å²) in [6.45, 7) is -0.558. The Morgan fingerprint density at radius 1 is 1.75 bits per heavy atom. The van der Waals surface area contributed by atoms with E-state index in [4.69, 9.17) is 0 Å². The summed E-state index contributed by atoms with van der Waals surface area (Å²) in [6.07, 6.45) is 0.894. The van der Waals surface area contributed by atoms with Crippen LogP contribution in [0.25, 0.3) is 0 Å². The third kappa shape index (κ3) is 2.18. The topological polar surface area (TPSA) is 58.2 Å². The Labute approximate surface area is 69.5 Å². The SMILES string of the molecule is O=C1CCC(C(=O)NCCF)N1. The van der Waals surface area contributed by atoms with Crippen LogP contribution in [0.5, 0.6) is 0 Å². The molecule has 1 heterocycles. The molecule has 0 aromatic heterocycles. The van der Waals surface area contributed by atoms with Crippen molar-refractivity contribution < 1.29 is 14.0 Å². The highest BCUT2D eigenvalue weighted by molar-refractivity contribution is 5.90. The van der Waals surface area contributed by atoms with Gasteiger partial charge in [0.1, 0.15) is 12.7 Å². The number of rotatable bonds is 3. The smallest absolute Gasteiger partial charge is 0.242 e. The Hall–Kier alpha value is -1.13. The summed E-state index contributed by atoms with van der Waals surface area (Å²) in [5.41, 5.74) is 0. The zero-order valence-corrected chi connectivity index (χ0v) is 6.60. The molecule has 0 aliphatic carbocycles. The van der Waals surface area contributed by atoms with Crippen LogP contribution in [0.4, 0.5) is 4.39 Å². The van der Waals surface area contributed by atoms with E-state index in [9.17, 15) is 14.0 Å². The predicted octanol–water partition coefficient (Wildman–Crippen LogP) is -0.649. The van der Waals surface area contributed by atoms with E-state index >= 15 is 0 Å². The second-order valence-electron chi connectivity index (χ2n) is 2.64. The number of alkyl halides is 1. The molecule has 2 N–H and O–H groups in total. The Morgan fingerprint density at radius 3 is 3.00 bits per heavy atom. The van der Waals surface area contributed by atoms with Gasteiger partial charge in [-0.05, 0) is 6.42 Å². The second kappa shape index (κ2) is 4.04. The van der Waals surface area contributed by atoms with E-state index < -0.39 is 12.7 Å². The van der Waals surface area contributed by atoms with Gasteiger partial charge in [-0.25, -0.2) is 4.39 Å². The number of carbonyl (C=O) groups excluding carboxylic acids is 2. The Bertz CT molecular complexity index is 196. The highest BCUT2D eigenvalue weighted by atomic mass is 19.1. The van der Waals surface area contributed by atoms with Crippen LogP contribution in [0, 0.1) is 0 Å². The van der Waals surface area contributed by atoms with Crippen LogP contribution in [-0.4, -0.2) is 31.1 Å². The highest BCUT2D eigenvalue weighted by Gasteiger charge is 2.26. The average molecular weight is 174 g/mol. The molecule has 68 valence electrons. The second-order valence-corrected chi connectivity index (χ2v) is 2.64. The number of hydrogen-bond donors (Lipinski definition) is 2. The van der Waals surface area contributed by atoms with Crippen molar-refractivity contribution in [3.8, 4) is 0 Å². The first kappa shape index (κ1) is 8.96. The largest absolute Gasteiger partial charge is 0.352 e. The van der Waals surface area contributed by atoms with Crippen LogP contribution in [0.15, 0.2) is 0 Å². The fourth-order valence-electron chi connectivity index (χ4n) is 1.10. The Kier molecular flexibility index (Phi) is 3.01. The fraction of sp³-hybridized carbons (Fsp3) is 0.714. The van der Waals surface area contributed by atoms with Gasteiger partial charge in [0.05, 0.1) is 0 Å². The van der Waals surface area contributed by atoms with Crippen molar-refractivity contribution in [3.63, 3.8) is 0 Å². The maximum absolute atomic E-state index is 11.6. The highest BCUT2D eigenvalue weighted by Crippen LogP contribution is 2.05. The van der Waals surface area contributed by atoms with E-state index in [0.29, 0.717) is 12.8 Å². The molecule has 2 amide bonds. The molecule has 1 atom stereocenters. The van der Waals surface area contributed by atoms with E-state index in [2.05, 4.69) is 10.6 Å². The van der Waals surface area contributed by atoms with Crippen molar-refractivity contribution in [1.29, 1.82) is 0 Å². The molecule has 0 radical (unpaired) electrons. The summed E-state index contributed by atoms with van der Waals surface area (Å²) in [4.78, 5) is 21.7. The van der Waals surface area contributed by atoms with E-state index in [-0.39, 0.29) is 18.4 Å². The summed E-state index contributed by atoms with van der Waals surface area (Å²) >= 11 is 0. The van der Waals surface area contributed by atoms with Crippen molar-refractivity contribution in [1.82, 2.24) is 10.6 Å². The normalized spacial score (nSPS) is 22.1. The van der Waals surface area contributed by atoms with Crippen LogP contribution in [0.2, 0.25) is 0 Å². The molecule has 0 spiro atoms. The lowest BCUT2D eigenvalue weighted by Gasteiger charge is -2.08. The zero-order chi connectivity index (χ0) is 8.97. The molecule has 12 heavy (non-hydrogen) atoms. The first-order chi connectivity index (χ1) is 5.74. The summed E-state index contributed by atoms with van der Waals surface area (Å²) < 4.78 is 11.6. The Balaban J connectivity index is 2.28. The molecular weight excluding hydrogens is 163 g/mol.